The highest BCUT2D eigenvalue weighted by Gasteiger charge is 2.31. The number of carbonyl (C=O) groups is 3. The quantitative estimate of drug-likeness (QED) is 0.549. The van der Waals surface area contributed by atoms with Crippen LogP contribution in [0.3, 0.4) is 0 Å². The molecule has 0 radical (unpaired) electrons. The molecule has 32 heavy (non-hydrogen) atoms. The van der Waals surface area contributed by atoms with E-state index in [-0.39, 0.29) is 30.7 Å². The van der Waals surface area contributed by atoms with E-state index in [1.54, 1.807) is 23.2 Å². The molecule has 3 aromatic rings. The molecule has 0 unspecified atom stereocenters. The van der Waals surface area contributed by atoms with E-state index < -0.39 is 6.10 Å². The van der Waals surface area contributed by atoms with Crippen molar-refractivity contribution in [3.8, 4) is 16.3 Å². The summed E-state index contributed by atoms with van der Waals surface area (Å²) in [6, 6.07) is 11.2. The lowest BCUT2D eigenvalue weighted by Crippen LogP contribution is -2.45. The Hall–Kier alpha value is -3.24. The minimum atomic E-state index is -0.587. The van der Waals surface area contributed by atoms with Gasteiger partial charge in [0.1, 0.15) is 5.75 Å². The topological polar surface area (TPSA) is 101 Å². The van der Waals surface area contributed by atoms with Crippen LogP contribution in [0, 0.1) is 0 Å². The Bertz CT molecular complexity index is 1160. The smallest absolute Gasteiger partial charge is 0.267 e. The fraction of sp³-hybridized carbons (Fsp3) is 0.273. The van der Waals surface area contributed by atoms with E-state index in [0.717, 1.165) is 15.4 Å². The lowest BCUT2D eigenvalue weighted by atomic mass is 10.1. The summed E-state index contributed by atoms with van der Waals surface area (Å²) in [7, 11) is 0. The second kappa shape index (κ2) is 9.49. The van der Waals surface area contributed by atoms with Crippen LogP contribution < -0.4 is 20.3 Å². The number of ether oxygens (including phenoxy) is 1. The molecule has 0 spiro atoms. The summed E-state index contributed by atoms with van der Waals surface area (Å²) in [4.78, 5) is 44.2. The molecule has 0 saturated carbocycles. The third-order valence-electron chi connectivity index (χ3n) is 4.81. The van der Waals surface area contributed by atoms with Gasteiger partial charge in [-0.15, -0.1) is 22.7 Å². The van der Waals surface area contributed by atoms with Crippen LogP contribution >= 0.6 is 22.7 Å². The summed E-state index contributed by atoms with van der Waals surface area (Å²) in [6.45, 7) is 3.92. The first-order valence-corrected chi connectivity index (χ1v) is 11.8. The zero-order valence-electron chi connectivity index (χ0n) is 17.6. The number of nitrogens with one attached hydrogen (secondary N) is 2. The molecule has 1 aliphatic rings. The van der Waals surface area contributed by atoms with Crippen LogP contribution in [0.25, 0.3) is 10.6 Å². The van der Waals surface area contributed by atoms with E-state index in [0.29, 0.717) is 23.1 Å². The maximum absolute atomic E-state index is 12.5. The molecule has 10 heteroatoms. The molecule has 0 aliphatic carbocycles. The average molecular weight is 471 g/mol. The summed E-state index contributed by atoms with van der Waals surface area (Å²) in [5, 5.41) is 7.97. The summed E-state index contributed by atoms with van der Waals surface area (Å²) < 4.78 is 5.63. The molecule has 1 aliphatic heterocycles. The first kappa shape index (κ1) is 22.0. The van der Waals surface area contributed by atoms with E-state index in [9.17, 15) is 14.4 Å². The molecule has 0 bridgehead atoms. The third-order valence-corrected chi connectivity index (χ3v) is 6.68. The molecule has 3 amide bonds. The van der Waals surface area contributed by atoms with Crippen molar-refractivity contribution < 1.29 is 19.1 Å². The zero-order chi connectivity index (χ0) is 22.7. The van der Waals surface area contributed by atoms with Gasteiger partial charge in [-0.05, 0) is 31.2 Å². The van der Waals surface area contributed by atoms with Gasteiger partial charge < -0.3 is 20.3 Å². The van der Waals surface area contributed by atoms with Crippen LogP contribution in [0.1, 0.15) is 25.1 Å². The van der Waals surface area contributed by atoms with Crippen LogP contribution in [-0.2, 0) is 20.9 Å². The standard InChI is InChI=1S/C22H22N4O4S2/c1-13-21(29)26(17-5-3-4-6-18(17)30-13)10-9-20(28)25-22-24-16(12-31-22)19-8-7-15(32-19)11-23-14(2)27/h3-8,12-13H,9-11H2,1-2H3,(H,23,27)(H,24,25,28)/t13-/m0/s1. The molecule has 2 aromatic heterocycles. The monoisotopic (exact) mass is 470 g/mol. The number of nitrogens with zero attached hydrogens (tertiary/aromatic N) is 2. The van der Waals surface area contributed by atoms with E-state index in [1.807, 2.05) is 41.8 Å². The van der Waals surface area contributed by atoms with E-state index in [4.69, 9.17) is 4.74 Å². The Morgan fingerprint density at radius 3 is 2.84 bits per heavy atom. The normalized spacial score (nSPS) is 15.1. The minimum absolute atomic E-state index is 0.0738. The van der Waals surface area contributed by atoms with Gasteiger partial charge in [-0.25, -0.2) is 4.98 Å². The van der Waals surface area contributed by atoms with Crippen LogP contribution in [0.5, 0.6) is 5.75 Å². The Balaban J connectivity index is 1.35. The van der Waals surface area contributed by atoms with Crippen LogP contribution in [-0.4, -0.2) is 35.4 Å². The number of thiazole rings is 1. The number of fused-ring (bicyclic) bond motifs is 1. The van der Waals surface area contributed by atoms with Gasteiger partial charge in [0.05, 0.1) is 22.8 Å². The number of hydrogen-bond acceptors (Lipinski definition) is 7. The number of aromatic nitrogens is 1. The van der Waals surface area contributed by atoms with Crippen molar-refractivity contribution >= 4 is 51.2 Å². The first-order chi connectivity index (χ1) is 15.4. The van der Waals surface area contributed by atoms with Crippen molar-refractivity contribution in [3.05, 3.63) is 46.7 Å². The number of para-hydroxylation sites is 2. The van der Waals surface area contributed by atoms with Crippen LogP contribution in [0.15, 0.2) is 41.8 Å². The van der Waals surface area contributed by atoms with Gasteiger partial charge in [0, 0.05) is 30.1 Å². The van der Waals surface area contributed by atoms with Crippen molar-refractivity contribution in [2.75, 3.05) is 16.8 Å². The summed E-state index contributed by atoms with van der Waals surface area (Å²) in [6.07, 6.45) is -0.447. The number of amides is 3. The Morgan fingerprint density at radius 1 is 1.22 bits per heavy atom. The molecule has 4 rings (SSSR count). The Labute approximate surface area is 193 Å². The molecule has 166 valence electrons. The lowest BCUT2D eigenvalue weighted by Gasteiger charge is -2.32. The maximum Gasteiger partial charge on any atom is 0.267 e. The molecule has 0 fully saturated rings. The molecule has 8 nitrogen and oxygen atoms in total. The number of anilines is 2. The van der Waals surface area contributed by atoms with Crippen molar-refractivity contribution in [3.63, 3.8) is 0 Å². The van der Waals surface area contributed by atoms with Gasteiger partial charge in [0.2, 0.25) is 11.8 Å². The predicted octanol–water partition coefficient (Wildman–Crippen LogP) is 3.65. The predicted molar refractivity (Wildman–Crippen MR) is 125 cm³/mol. The first-order valence-electron chi connectivity index (χ1n) is 10.1. The molecule has 1 atom stereocenters. The number of carbonyl (C=O) groups excluding carboxylic acids is 3. The van der Waals surface area contributed by atoms with E-state index in [2.05, 4.69) is 15.6 Å². The van der Waals surface area contributed by atoms with Crippen LogP contribution in [0.2, 0.25) is 0 Å². The zero-order valence-corrected chi connectivity index (χ0v) is 19.2. The average Bonchev–Trinajstić information content (AvgIpc) is 3.42. The van der Waals surface area contributed by atoms with Crippen LogP contribution in [0.4, 0.5) is 10.8 Å². The molecular weight excluding hydrogens is 448 g/mol. The Morgan fingerprint density at radius 2 is 2.03 bits per heavy atom. The van der Waals surface area contributed by atoms with Crippen molar-refractivity contribution in [1.82, 2.24) is 10.3 Å². The van der Waals surface area contributed by atoms with Gasteiger partial charge >= 0.3 is 0 Å². The SMILES string of the molecule is CC(=O)NCc1ccc(-c2csc(NC(=O)CCN3C(=O)[C@H](C)Oc4ccccc43)n2)s1. The third kappa shape index (κ3) is 4.97. The largest absolute Gasteiger partial charge is 0.479 e. The van der Waals surface area contributed by atoms with Gasteiger partial charge in [-0.2, -0.15) is 0 Å². The van der Waals surface area contributed by atoms with Gasteiger partial charge in [0.25, 0.3) is 5.91 Å². The summed E-state index contributed by atoms with van der Waals surface area (Å²) in [5.74, 6) is 0.183. The molecule has 1 aromatic carbocycles. The highest BCUT2D eigenvalue weighted by atomic mass is 32.1. The highest BCUT2D eigenvalue weighted by molar-refractivity contribution is 7.17. The number of benzene rings is 1. The fourth-order valence-electron chi connectivity index (χ4n) is 3.25. The number of rotatable bonds is 7. The highest BCUT2D eigenvalue weighted by Crippen LogP contribution is 2.34. The molecule has 3 heterocycles. The molecule has 0 saturated heterocycles. The maximum atomic E-state index is 12.5. The second-order valence-corrected chi connectivity index (χ2v) is 9.26. The number of hydrogen-bond donors (Lipinski definition) is 2. The van der Waals surface area contributed by atoms with Crippen molar-refractivity contribution in [2.45, 2.75) is 32.9 Å². The Kier molecular flexibility index (Phi) is 6.52. The molecule has 2 N–H and O–H groups in total. The van der Waals surface area contributed by atoms with Crippen molar-refractivity contribution in [2.24, 2.45) is 0 Å². The van der Waals surface area contributed by atoms with Crippen molar-refractivity contribution in [1.29, 1.82) is 0 Å². The van der Waals surface area contributed by atoms with Gasteiger partial charge in [0.15, 0.2) is 11.2 Å². The fourth-order valence-corrected chi connectivity index (χ4v) is 4.96. The summed E-state index contributed by atoms with van der Waals surface area (Å²) in [5.41, 5.74) is 1.45. The van der Waals surface area contributed by atoms with E-state index >= 15 is 0 Å². The van der Waals surface area contributed by atoms with Gasteiger partial charge in [-0.1, -0.05) is 12.1 Å². The minimum Gasteiger partial charge on any atom is -0.479 e. The van der Waals surface area contributed by atoms with Gasteiger partial charge in [-0.3, -0.25) is 14.4 Å². The second-order valence-electron chi connectivity index (χ2n) is 7.23. The summed E-state index contributed by atoms with van der Waals surface area (Å²) >= 11 is 2.89. The van der Waals surface area contributed by atoms with E-state index in [1.165, 1.54) is 18.3 Å². The lowest BCUT2D eigenvalue weighted by molar-refractivity contribution is -0.125. The molecular formula is C22H22N4O4S2. The number of thiophene rings is 1.